The standard InChI is InChI=1S/C60H80F3N11O7S/c1-35(79-4)49-42(25-40(28-64-49)70-20-18-69(19-21-70)39-14-15-39)53-43-27-58(2,3)34-80-57(78)44-10-7-17-74(68-44)55(76)45(26-48-65-46(29-82-48)38-13-16-47(41(43)24-38)73(53)33-60(61,62)63)66-54(75)52(37-8-5-6-9-37)71-22-23-81-59(30-71)31-72(32-59)56(77)51-50(67-51)36-11-12-36/h13,16,24,28-29,35-37,39-40,44-45,50-52,67-68H,5-12,14-15,17-23,25-27,30-34H2,1-4H3,(H,66,75)/t35-,40+,44-,45-,50+,51+,52-/m0/s1. The van der Waals surface area contributed by atoms with Gasteiger partial charge in [-0.2, -0.15) is 13.2 Å². The lowest BCUT2D eigenvalue weighted by Crippen LogP contribution is -2.73. The molecule has 13 rings (SSSR count). The fourth-order valence-electron chi connectivity index (χ4n) is 14.7. The third-order valence-corrected chi connectivity index (χ3v) is 20.3. The number of nitrogens with one attached hydrogen (secondary N) is 3. The Balaban J connectivity index is 0.832. The largest absolute Gasteiger partial charge is 0.464 e. The number of aliphatic imine (C=N–C) groups is 1. The lowest BCUT2D eigenvalue weighted by molar-refractivity contribution is -0.197. The van der Waals surface area contributed by atoms with E-state index in [0.717, 1.165) is 51.9 Å². The first kappa shape index (κ1) is 56.3. The Morgan fingerprint density at radius 1 is 0.951 bits per heavy atom. The van der Waals surface area contributed by atoms with Gasteiger partial charge in [0, 0.05) is 117 Å². The van der Waals surface area contributed by atoms with Crippen molar-refractivity contribution < 1.29 is 46.6 Å². The van der Waals surface area contributed by atoms with Crippen LogP contribution in [0.5, 0.6) is 0 Å². The van der Waals surface area contributed by atoms with Gasteiger partial charge in [-0.25, -0.2) is 10.4 Å². The molecular formula is C60H80F3N11O7S. The minimum atomic E-state index is -4.58. The SMILES string of the molecule is CO[C@@H](C)C1=C(c2c3c4cc(ccc4n2CC(F)(F)F)-c2csc(n2)C[C@H](NC(=O)[C@H](C2CCCC2)N2CCOC4(CN(C(=O)[C@@H]5N[C@@H]5C5CC5)C4)C2)C(=O)N2CCC[C@H](N2)C(=O)OCC(C)(C)C3)C[C@@H](N2CCN(C3CC3)CC2)C=N1. The Kier molecular flexibility index (Phi) is 15.3. The Hall–Kier alpha value is -4.81. The summed E-state index contributed by atoms with van der Waals surface area (Å²) in [5, 5.41) is 11.2. The molecule has 1 spiro atoms. The Bertz CT molecular complexity index is 3010. The molecule has 3 N–H and O–H groups in total. The van der Waals surface area contributed by atoms with Crippen molar-refractivity contribution in [3.05, 3.63) is 45.5 Å². The van der Waals surface area contributed by atoms with Gasteiger partial charge in [0.15, 0.2) is 0 Å². The Morgan fingerprint density at radius 2 is 1.72 bits per heavy atom. The quantitative estimate of drug-likeness (QED) is 0.151. The third-order valence-electron chi connectivity index (χ3n) is 19.4. The van der Waals surface area contributed by atoms with Crippen LogP contribution in [0.4, 0.5) is 13.2 Å². The van der Waals surface area contributed by atoms with E-state index in [1.54, 1.807) is 13.2 Å². The van der Waals surface area contributed by atoms with Crippen LogP contribution in [-0.2, 0) is 52.8 Å². The van der Waals surface area contributed by atoms with Gasteiger partial charge in [-0.15, -0.1) is 11.3 Å². The summed E-state index contributed by atoms with van der Waals surface area (Å²) in [5.74, 6) is -0.401. The summed E-state index contributed by atoms with van der Waals surface area (Å²) < 4.78 is 65.6. The molecule has 1 aromatic carbocycles. The average Bonchev–Trinajstić information content (AvgIpc) is 4.54. The van der Waals surface area contributed by atoms with Gasteiger partial charge >= 0.3 is 12.1 Å². The van der Waals surface area contributed by atoms with E-state index in [1.807, 2.05) is 49.4 Å². The number of likely N-dealkylation sites (tertiary alicyclic amines) is 1. The van der Waals surface area contributed by atoms with Crippen molar-refractivity contribution >= 4 is 57.7 Å². The van der Waals surface area contributed by atoms with Crippen LogP contribution in [0.1, 0.15) is 108 Å². The maximum atomic E-state index is 15.2. The van der Waals surface area contributed by atoms with Gasteiger partial charge in [-0.05, 0) is 101 Å². The first-order valence-electron chi connectivity index (χ1n) is 30.3. The highest BCUT2D eigenvalue weighted by molar-refractivity contribution is 7.10. The van der Waals surface area contributed by atoms with E-state index in [1.165, 1.54) is 46.6 Å². The maximum Gasteiger partial charge on any atom is 0.406 e. The molecule has 7 aliphatic heterocycles. The number of piperazine rings is 1. The van der Waals surface area contributed by atoms with E-state index in [9.17, 15) is 9.59 Å². The lowest BCUT2D eigenvalue weighted by atomic mass is 9.83. The van der Waals surface area contributed by atoms with Crippen molar-refractivity contribution in [2.24, 2.45) is 22.2 Å². The summed E-state index contributed by atoms with van der Waals surface area (Å²) in [6.45, 7) is 10.7. The summed E-state index contributed by atoms with van der Waals surface area (Å²) in [6, 6.07) is 3.70. The number of alkyl halides is 3. The number of fused-ring (bicyclic) bond motifs is 6. The zero-order chi connectivity index (χ0) is 56.8. The Morgan fingerprint density at radius 3 is 2.45 bits per heavy atom. The molecule has 9 heterocycles. The number of morpholine rings is 1. The summed E-state index contributed by atoms with van der Waals surface area (Å²) in [7, 11) is 1.59. The van der Waals surface area contributed by atoms with Crippen molar-refractivity contribution in [1.82, 2.24) is 50.2 Å². The number of halogens is 3. The van der Waals surface area contributed by atoms with Crippen LogP contribution in [0, 0.1) is 17.3 Å². The molecule has 3 aromatic rings. The lowest BCUT2D eigenvalue weighted by Gasteiger charge is -2.55. The molecule has 22 heteroatoms. The molecule has 18 nitrogen and oxygen atoms in total. The normalized spacial score (nSPS) is 29.4. The fourth-order valence-corrected chi connectivity index (χ4v) is 15.6. The van der Waals surface area contributed by atoms with E-state index in [0.29, 0.717) is 120 Å². The smallest absolute Gasteiger partial charge is 0.406 e. The number of nitrogens with zero attached hydrogens (tertiary/aromatic N) is 8. The zero-order valence-corrected chi connectivity index (χ0v) is 48.6. The van der Waals surface area contributed by atoms with E-state index < -0.39 is 59.8 Å². The molecule has 3 saturated carbocycles. The predicted octanol–water partition coefficient (Wildman–Crippen LogP) is 5.57. The number of benzene rings is 1. The molecule has 6 bridgehead atoms. The third kappa shape index (κ3) is 11.6. The summed E-state index contributed by atoms with van der Waals surface area (Å²) in [6.07, 6.45) is 7.04. The number of carbonyl (C=O) groups is 4. The highest BCUT2D eigenvalue weighted by Crippen LogP contribution is 2.45. The molecule has 3 amide bonds. The van der Waals surface area contributed by atoms with Gasteiger partial charge in [0.05, 0.1) is 60.5 Å². The minimum absolute atomic E-state index is 0.0535. The molecule has 2 aromatic heterocycles. The number of cyclic esters (lactones) is 1. The van der Waals surface area contributed by atoms with Crippen LogP contribution in [0.2, 0.25) is 0 Å². The molecule has 5 saturated heterocycles. The number of hydrazine groups is 1. The van der Waals surface area contributed by atoms with Crippen molar-refractivity contribution in [2.75, 3.05) is 79.2 Å². The monoisotopic (exact) mass is 1160 g/mol. The second-order valence-electron chi connectivity index (χ2n) is 26.2. The molecule has 10 aliphatic rings. The number of rotatable bonds is 12. The molecule has 7 atom stereocenters. The number of carbonyl (C=O) groups excluding carboxylic acids is 4. The van der Waals surface area contributed by atoms with E-state index >= 15 is 22.8 Å². The average molecular weight is 1160 g/mol. The van der Waals surface area contributed by atoms with Crippen LogP contribution < -0.4 is 16.1 Å². The molecule has 0 unspecified atom stereocenters. The zero-order valence-electron chi connectivity index (χ0n) is 47.8. The van der Waals surface area contributed by atoms with Gasteiger partial charge in [0.25, 0.3) is 5.91 Å². The Labute approximate surface area is 481 Å². The van der Waals surface area contributed by atoms with Gasteiger partial charge in [0.2, 0.25) is 11.8 Å². The fraction of sp³-hybridized carbons (Fsp3) is 0.700. The van der Waals surface area contributed by atoms with Gasteiger partial charge < -0.3 is 29.0 Å². The number of thiazole rings is 1. The predicted molar refractivity (Wildman–Crippen MR) is 304 cm³/mol. The summed E-state index contributed by atoms with van der Waals surface area (Å²) in [4.78, 5) is 77.3. The van der Waals surface area contributed by atoms with E-state index in [-0.39, 0.29) is 55.3 Å². The molecule has 8 fully saturated rings. The second kappa shape index (κ2) is 22.2. The highest BCUT2D eigenvalue weighted by Gasteiger charge is 2.58. The number of aromatic nitrogens is 2. The van der Waals surface area contributed by atoms with Crippen molar-refractivity contribution in [3.63, 3.8) is 0 Å². The molecule has 444 valence electrons. The highest BCUT2D eigenvalue weighted by atomic mass is 32.1. The van der Waals surface area contributed by atoms with Gasteiger partial charge in [-0.3, -0.25) is 49.2 Å². The van der Waals surface area contributed by atoms with Gasteiger partial charge in [-0.1, -0.05) is 32.8 Å². The molecule has 3 aliphatic carbocycles. The minimum Gasteiger partial charge on any atom is -0.464 e. The van der Waals surface area contributed by atoms with Crippen LogP contribution in [0.15, 0.2) is 34.3 Å². The maximum absolute atomic E-state index is 15.2. The van der Waals surface area contributed by atoms with E-state index in [4.69, 9.17) is 24.2 Å². The van der Waals surface area contributed by atoms with E-state index in [2.05, 4.69) is 30.8 Å². The number of methoxy groups -OCH3 is 1. The first-order chi connectivity index (χ1) is 39.4. The number of hydrogen-bond donors (Lipinski definition) is 3. The first-order valence-corrected chi connectivity index (χ1v) is 31.2. The number of amides is 3. The van der Waals surface area contributed by atoms with Crippen LogP contribution in [-0.4, -0.2) is 203 Å². The van der Waals surface area contributed by atoms with Crippen molar-refractivity contribution in [3.8, 4) is 11.3 Å². The number of ether oxygens (including phenoxy) is 3. The number of esters is 1. The van der Waals surface area contributed by atoms with Crippen molar-refractivity contribution in [2.45, 2.75) is 171 Å². The van der Waals surface area contributed by atoms with Crippen LogP contribution >= 0.6 is 11.3 Å². The summed E-state index contributed by atoms with van der Waals surface area (Å²) >= 11 is 1.36. The molecular weight excluding hydrogens is 1080 g/mol. The van der Waals surface area contributed by atoms with Gasteiger partial charge in [0.1, 0.15) is 30.3 Å². The second-order valence-corrected chi connectivity index (χ2v) is 27.1. The number of hydrogen-bond acceptors (Lipinski definition) is 15. The molecule has 82 heavy (non-hydrogen) atoms. The van der Waals surface area contributed by atoms with Crippen LogP contribution in [0.3, 0.4) is 0 Å². The summed E-state index contributed by atoms with van der Waals surface area (Å²) in [5.41, 5.74) is 5.96. The topological polar surface area (TPSA) is 188 Å². The van der Waals surface area contributed by atoms with Crippen molar-refractivity contribution in [1.29, 1.82) is 0 Å². The van der Waals surface area contributed by atoms with Crippen LogP contribution in [0.25, 0.3) is 27.7 Å². The molecule has 0 radical (unpaired) electrons.